The number of methoxy groups -OCH3 is 1. The number of anilines is 1. The van der Waals surface area contributed by atoms with Gasteiger partial charge < -0.3 is 9.30 Å². The quantitative estimate of drug-likeness (QED) is 0.648. The summed E-state index contributed by atoms with van der Waals surface area (Å²) >= 11 is 5.94. The Kier molecular flexibility index (Phi) is 5.72. The molecule has 0 saturated heterocycles. The first-order valence-electron chi connectivity index (χ1n) is 8.30. The summed E-state index contributed by atoms with van der Waals surface area (Å²) < 4.78 is 34.7. The molecule has 8 heteroatoms. The highest BCUT2D eigenvalue weighted by molar-refractivity contribution is 7.92. The van der Waals surface area contributed by atoms with Crippen LogP contribution in [-0.2, 0) is 16.4 Å². The summed E-state index contributed by atoms with van der Waals surface area (Å²) in [6.07, 6.45) is 3.92. The molecular weight excluding hydrogens is 386 g/mol. The van der Waals surface area contributed by atoms with Crippen molar-refractivity contribution in [2.45, 2.75) is 13.3 Å². The van der Waals surface area contributed by atoms with E-state index in [0.717, 1.165) is 16.9 Å². The van der Waals surface area contributed by atoms with E-state index in [0.29, 0.717) is 22.9 Å². The van der Waals surface area contributed by atoms with Crippen molar-refractivity contribution in [1.82, 2.24) is 9.55 Å². The summed E-state index contributed by atoms with van der Waals surface area (Å²) in [7, 11) is -1.97. The molecule has 0 aliphatic heterocycles. The normalized spacial score (nSPS) is 11.4. The van der Waals surface area contributed by atoms with Crippen LogP contribution in [0, 0.1) is 6.92 Å². The zero-order chi connectivity index (χ0) is 19.4. The molecule has 3 aromatic rings. The highest BCUT2D eigenvalue weighted by Gasteiger charge is 2.13. The van der Waals surface area contributed by atoms with Gasteiger partial charge in [-0.25, -0.2) is 13.4 Å². The number of benzene rings is 2. The van der Waals surface area contributed by atoms with Crippen molar-refractivity contribution < 1.29 is 13.2 Å². The lowest BCUT2D eigenvalue weighted by atomic mass is 10.2. The number of nitrogens with one attached hydrogen (secondary N) is 1. The number of ether oxygens (including phenoxy) is 1. The van der Waals surface area contributed by atoms with Crippen LogP contribution in [0.1, 0.15) is 11.3 Å². The Bertz CT molecular complexity index is 1050. The van der Waals surface area contributed by atoms with E-state index < -0.39 is 10.0 Å². The maximum Gasteiger partial charge on any atom is 0.233 e. The second-order valence-electron chi connectivity index (χ2n) is 6.11. The van der Waals surface area contributed by atoms with E-state index in [1.54, 1.807) is 49.8 Å². The zero-order valence-electron chi connectivity index (χ0n) is 15.0. The van der Waals surface area contributed by atoms with Crippen molar-refractivity contribution in [3.63, 3.8) is 0 Å². The van der Waals surface area contributed by atoms with Crippen LogP contribution in [0.3, 0.4) is 0 Å². The largest absolute Gasteiger partial charge is 0.494 e. The zero-order valence-corrected chi connectivity index (χ0v) is 16.6. The number of sulfonamides is 1. The molecular formula is C19H20ClN3O3S. The van der Waals surface area contributed by atoms with Crippen LogP contribution in [0.2, 0.25) is 5.02 Å². The lowest BCUT2D eigenvalue weighted by Gasteiger charge is -2.13. The number of nitrogens with zero attached hydrogens (tertiary/aromatic N) is 2. The number of hydrogen-bond donors (Lipinski definition) is 1. The van der Waals surface area contributed by atoms with E-state index in [-0.39, 0.29) is 5.75 Å². The fraction of sp³-hybridized carbons (Fsp3) is 0.211. The molecule has 0 fully saturated rings. The van der Waals surface area contributed by atoms with Gasteiger partial charge in [0.25, 0.3) is 0 Å². The number of imidazole rings is 1. The smallest absolute Gasteiger partial charge is 0.233 e. The standard InChI is InChI=1S/C19H20ClN3O3S/c1-14-12-23(13-21-14)18-7-6-17(11-19(18)26-2)22-27(24,25)9-8-15-4-3-5-16(20)10-15/h3-7,10-13,22H,8-9H2,1-2H3. The van der Waals surface area contributed by atoms with Crippen LogP contribution in [-0.4, -0.2) is 30.8 Å². The Hall–Kier alpha value is -2.51. The minimum absolute atomic E-state index is 0.0435. The maximum absolute atomic E-state index is 12.4. The van der Waals surface area contributed by atoms with Crippen molar-refractivity contribution in [2.75, 3.05) is 17.6 Å². The number of aryl methyl sites for hydroxylation is 2. The first kappa shape index (κ1) is 19.3. The van der Waals surface area contributed by atoms with Crippen LogP contribution < -0.4 is 9.46 Å². The van der Waals surface area contributed by atoms with E-state index in [2.05, 4.69) is 9.71 Å². The molecule has 0 bridgehead atoms. The first-order chi connectivity index (χ1) is 12.9. The molecule has 2 aromatic carbocycles. The fourth-order valence-corrected chi connectivity index (χ4v) is 3.99. The van der Waals surface area contributed by atoms with Gasteiger partial charge in [0.05, 0.1) is 36.3 Å². The van der Waals surface area contributed by atoms with Crippen molar-refractivity contribution >= 4 is 27.3 Å². The van der Waals surface area contributed by atoms with Gasteiger partial charge in [0, 0.05) is 17.3 Å². The van der Waals surface area contributed by atoms with E-state index in [1.807, 2.05) is 23.8 Å². The van der Waals surface area contributed by atoms with Gasteiger partial charge in [-0.15, -0.1) is 0 Å². The van der Waals surface area contributed by atoms with Gasteiger partial charge in [0.2, 0.25) is 10.0 Å². The summed E-state index contributed by atoms with van der Waals surface area (Å²) in [5.41, 5.74) is 2.97. The van der Waals surface area contributed by atoms with Crippen molar-refractivity contribution in [2.24, 2.45) is 0 Å². The Morgan fingerprint density at radius 1 is 1.22 bits per heavy atom. The highest BCUT2D eigenvalue weighted by Crippen LogP contribution is 2.27. The molecule has 3 rings (SSSR count). The highest BCUT2D eigenvalue weighted by atomic mass is 35.5. The van der Waals surface area contributed by atoms with Gasteiger partial charge in [-0.2, -0.15) is 0 Å². The lowest BCUT2D eigenvalue weighted by Crippen LogP contribution is -2.18. The van der Waals surface area contributed by atoms with Crippen LogP contribution in [0.4, 0.5) is 5.69 Å². The van der Waals surface area contributed by atoms with E-state index in [9.17, 15) is 8.42 Å². The van der Waals surface area contributed by atoms with Gasteiger partial charge in [0.1, 0.15) is 5.75 Å². The topological polar surface area (TPSA) is 73.2 Å². The predicted octanol–water partition coefficient (Wildman–Crippen LogP) is 3.83. The number of aromatic nitrogens is 2. The minimum atomic E-state index is -3.51. The summed E-state index contributed by atoms with van der Waals surface area (Å²) in [6, 6.07) is 12.3. The molecule has 0 radical (unpaired) electrons. The molecule has 1 N–H and O–H groups in total. The van der Waals surface area contributed by atoms with Gasteiger partial charge in [-0.05, 0) is 43.2 Å². The molecule has 0 spiro atoms. The SMILES string of the molecule is COc1cc(NS(=O)(=O)CCc2cccc(Cl)c2)ccc1-n1cnc(C)c1. The minimum Gasteiger partial charge on any atom is -0.494 e. The molecule has 1 aromatic heterocycles. The Balaban J connectivity index is 1.74. The van der Waals surface area contributed by atoms with E-state index >= 15 is 0 Å². The van der Waals surface area contributed by atoms with Crippen LogP contribution >= 0.6 is 11.6 Å². The molecule has 1 heterocycles. The van der Waals surface area contributed by atoms with Gasteiger partial charge in [0.15, 0.2) is 0 Å². The number of halogens is 1. The molecule has 142 valence electrons. The van der Waals surface area contributed by atoms with E-state index in [1.165, 1.54) is 0 Å². The van der Waals surface area contributed by atoms with E-state index in [4.69, 9.17) is 16.3 Å². The fourth-order valence-electron chi connectivity index (χ4n) is 2.68. The van der Waals surface area contributed by atoms with Crippen LogP contribution in [0.25, 0.3) is 5.69 Å². The predicted molar refractivity (Wildman–Crippen MR) is 107 cm³/mol. The van der Waals surface area contributed by atoms with Crippen LogP contribution in [0.15, 0.2) is 55.0 Å². The Morgan fingerprint density at radius 3 is 2.70 bits per heavy atom. The molecule has 0 aliphatic carbocycles. The monoisotopic (exact) mass is 405 g/mol. The third kappa shape index (κ3) is 5.02. The summed E-state index contributed by atoms with van der Waals surface area (Å²) in [4.78, 5) is 4.20. The Labute approximate surface area is 163 Å². The second kappa shape index (κ2) is 8.02. The van der Waals surface area contributed by atoms with Crippen molar-refractivity contribution in [1.29, 1.82) is 0 Å². The summed E-state index contributed by atoms with van der Waals surface area (Å²) in [5, 5.41) is 0.591. The molecule has 27 heavy (non-hydrogen) atoms. The summed E-state index contributed by atoms with van der Waals surface area (Å²) in [5.74, 6) is 0.500. The first-order valence-corrected chi connectivity index (χ1v) is 10.3. The molecule has 0 saturated carbocycles. The lowest BCUT2D eigenvalue weighted by molar-refractivity contribution is 0.413. The number of rotatable bonds is 7. The molecule has 0 aliphatic rings. The third-order valence-corrected chi connectivity index (χ3v) is 5.51. The van der Waals surface area contributed by atoms with Crippen LogP contribution in [0.5, 0.6) is 5.75 Å². The Morgan fingerprint density at radius 2 is 2.04 bits per heavy atom. The number of hydrogen-bond acceptors (Lipinski definition) is 4. The van der Waals surface area contributed by atoms with Crippen molar-refractivity contribution in [3.05, 3.63) is 71.3 Å². The third-order valence-electron chi connectivity index (χ3n) is 3.99. The average molecular weight is 406 g/mol. The van der Waals surface area contributed by atoms with Gasteiger partial charge in [-0.1, -0.05) is 23.7 Å². The molecule has 0 amide bonds. The molecule has 0 atom stereocenters. The maximum atomic E-state index is 12.4. The average Bonchev–Trinajstić information content (AvgIpc) is 3.06. The van der Waals surface area contributed by atoms with Gasteiger partial charge >= 0.3 is 0 Å². The second-order valence-corrected chi connectivity index (χ2v) is 8.39. The summed E-state index contributed by atoms with van der Waals surface area (Å²) in [6.45, 7) is 1.89. The molecule has 0 unspecified atom stereocenters. The van der Waals surface area contributed by atoms with Crippen molar-refractivity contribution in [3.8, 4) is 11.4 Å². The molecule has 6 nitrogen and oxygen atoms in total. The van der Waals surface area contributed by atoms with Gasteiger partial charge in [-0.3, -0.25) is 4.72 Å².